The standard InChI is InChI=1S/C17H18N4O2/c1-2-23-17(22)12-18-14-8-6-13(7-9-14)11-16-20-19-15-5-3-4-10-21(15)16/h3-10,18H,2,11-12H2,1H3. The first-order valence-electron chi connectivity index (χ1n) is 7.53. The topological polar surface area (TPSA) is 68.5 Å². The number of carbonyl (C=O) groups excluding carboxylic acids is 1. The van der Waals surface area contributed by atoms with Crippen LogP contribution in [0.4, 0.5) is 5.69 Å². The Bertz CT molecular complexity index is 796. The summed E-state index contributed by atoms with van der Waals surface area (Å²) in [5.41, 5.74) is 2.85. The summed E-state index contributed by atoms with van der Waals surface area (Å²) in [7, 11) is 0. The number of nitrogens with one attached hydrogen (secondary N) is 1. The van der Waals surface area contributed by atoms with Crippen LogP contribution in [0.1, 0.15) is 18.3 Å². The summed E-state index contributed by atoms with van der Waals surface area (Å²) in [6.45, 7) is 2.36. The van der Waals surface area contributed by atoms with Gasteiger partial charge in [0.1, 0.15) is 12.4 Å². The molecule has 0 aliphatic carbocycles. The van der Waals surface area contributed by atoms with Crippen LogP contribution in [0.15, 0.2) is 48.7 Å². The lowest BCUT2D eigenvalue weighted by Gasteiger charge is -2.07. The van der Waals surface area contributed by atoms with Crippen molar-refractivity contribution in [2.24, 2.45) is 0 Å². The van der Waals surface area contributed by atoms with Crippen LogP contribution >= 0.6 is 0 Å². The van der Waals surface area contributed by atoms with Gasteiger partial charge in [-0.05, 0) is 36.8 Å². The van der Waals surface area contributed by atoms with Gasteiger partial charge in [-0.3, -0.25) is 9.20 Å². The van der Waals surface area contributed by atoms with Gasteiger partial charge in [-0.25, -0.2) is 0 Å². The van der Waals surface area contributed by atoms with Gasteiger partial charge in [-0.15, -0.1) is 10.2 Å². The molecule has 0 unspecified atom stereocenters. The van der Waals surface area contributed by atoms with Crippen molar-refractivity contribution in [3.8, 4) is 0 Å². The lowest BCUT2D eigenvalue weighted by molar-refractivity contribution is -0.140. The maximum Gasteiger partial charge on any atom is 0.325 e. The van der Waals surface area contributed by atoms with Gasteiger partial charge in [-0.1, -0.05) is 18.2 Å². The molecule has 0 atom stereocenters. The van der Waals surface area contributed by atoms with Crippen molar-refractivity contribution in [1.82, 2.24) is 14.6 Å². The fraction of sp³-hybridized carbons (Fsp3) is 0.235. The first-order chi connectivity index (χ1) is 11.3. The number of esters is 1. The molecular weight excluding hydrogens is 292 g/mol. The minimum absolute atomic E-state index is 0.169. The molecule has 0 radical (unpaired) electrons. The van der Waals surface area contributed by atoms with Crippen LogP contribution in [-0.2, 0) is 16.0 Å². The first kappa shape index (κ1) is 15.0. The van der Waals surface area contributed by atoms with E-state index in [1.54, 1.807) is 6.92 Å². The number of aromatic nitrogens is 3. The normalized spacial score (nSPS) is 10.7. The van der Waals surface area contributed by atoms with E-state index in [1.165, 1.54) is 0 Å². The fourth-order valence-electron chi connectivity index (χ4n) is 2.32. The van der Waals surface area contributed by atoms with Crippen molar-refractivity contribution in [1.29, 1.82) is 0 Å². The average molecular weight is 310 g/mol. The lowest BCUT2D eigenvalue weighted by Crippen LogP contribution is -2.16. The summed E-state index contributed by atoms with van der Waals surface area (Å²) in [6, 6.07) is 13.7. The molecule has 2 aromatic heterocycles. The molecule has 3 rings (SSSR count). The Morgan fingerprint density at radius 1 is 1.17 bits per heavy atom. The van der Waals surface area contributed by atoms with Gasteiger partial charge in [0.2, 0.25) is 0 Å². The van der Waals surface area contributed by atoms with E-state index in [9.17, 15) is 4.79 Å². The molecular formula is C17H18N4O2. The van der Waals surface area contributed by atoms with Crippen molar-refractivity contribution in [2.45, 2.75) is 13.3 Å². The molecule has 0 bridgehead atoms. The van der Waals surface area contributed by atoms with Gasteiger partial charge in [-0.2, -0.15) is 0 Å². The number of fused-ring (bicyclic) bond motifs is 1. The second-order valence-corrected chi connectivity index (χ2v) is 5.08. The molecule has 0 saturated carbocycles. The molecule has 0 spiro atoms. The van der Waals surface area contributed by atoms with Crippen LogP contribution in [-0.4, -0.2) is 33.7 Å². The van der Waals surface area contributed by atoms with Crippen LogP contribution < -0.4 is 5.32 Å². The number of hydrogen-bond donors (Lipinski definition) is 1. The van der Waals surface area contributed by atoms with Gasteiger partial charge in [0, 0.05) is 18.3 Å². The van der Waals surface area contributed by atoms with Crippen molar-refractivity contribution in [2.75, 3.05) is 18.5 Å². The van der Waals surface area contributed by atoms with Crippen molar-refractivity contribution >= 4 is 17.3 Å². The highest BCUT2D eigenvalue weighted by Crippen LogP contribution is 2.13. The molecule has 6 nitrogen and oxygen atoms in total. The third kappa shape index (κ3) is 3.66. The van der Waals surface area contributed by atoms with E-state index < -0.39 is 0 Å². The Morgan fingerprint density at radius 3 is 2.78 bits per heavy atom. The van der Waals surface area contributed by atoms with Crippen LogP contribution in [0.25, 0.3) is 5.65 Å². The molecule has 1 aromatic carbocycles. The molecule has 0 fully saturated rings. The maximum atomic E-state index is 11.3. The summed E-state index contributed by atoms with van der Waals surface area (Å²) in [4.78, 5) is 11.3. The molecule has 0 aliphatic heterocycles. The van der Waals surface area contributed by atoms with Crippen LogP contribution in [0.3, 0.4) is 0 Å². The largest absolute Gasteiger partial charge is 0.465 e. The van der Waals surface area contributed by atoms with E-state index in [4.69, 9.17) is 4.74 Å². The van der Waals surface area contributed by atoms with Crippen molar-refractivity contribution < 1.29 is 9.53 Å². The molecule has 0 amide bonds. The third-order valence-corrected chi connectivity index (χ3v) is 3.44. The number of nitrogens with zero attached hydrogens (tertiary/aromatic N) is 3. The summed E-state index contributed by atoms with van der Waals surface area (Å²) in [5.74, 6) is 0.638. The third-order valence-electron chi connectivity index (χ3n) is 3.44. The smallest absolute Gasteiger partial charge is 0.325 e. The molecule has 2 heterocycles. The highest BCUT2D eigenvalue weighted by molar-refractivity contribution is 5.74. The van der Waals surface area contributed by atoms with Crippen molar-refractivity contribution in [3.63, 3.8) is 0 Å². The first-order valence-corrected chi connectivity index (χ1v) is 7.53. The molecule has 23 heavy (non-hydrogen) atoms. The highest BCUT2D eigenvalue weighted by Gasteiger charge is 2.06. The van der Waals surface area contributed by atoms with E-state index in [-0.39, 0.29) is 12.5 Å². The summed E-state index contributed by atoms with van der Waals surface area (Å²) in [5, 5.41) is 11.4. The maximum absolute atomic E-state index is 11.3. The zero-order valence-electron chi connectivity index (χ0n) is 12.9. The number of benzene rings is 1. The molecule has 0 saturated heterocycles. The number of hydrogen-bond acceptors (Lipinski definition) is 5. The molecule has 118 valence electrons. The Morgan fingerprint density at radius 2 is 2.00 bits per heavy atom. The van der Waals surface area contributed by atoms with Crippen LogP contribution in [0.2, 0.25) is 0 Å². The van der Waals surface area contributed by atoms with Gasteiger partial charge in [0.25, 0.3) is 0 Å². The minimum atomic E-state index is -0.258. The Hall–Kier alpha value is -2.89. The Balaban J connectivity index is 1.64. The molecule has 1 N–H and O–H groups in total. The van der Waals surface area contributed by atoms with Gasteiger partial charge in [0.05, 0.1) is 6.61 Å². The Kier molecular flexibility index (Phi) is 4.52. The Labute approximate surface area is 134 Å². The summed E-state index contributed by atoms with van der Waals surface area (Å²) < 4.78 is 6.86. The average Bonchev–Trinajstić information content (AvgIpc) is 2.98. The van der Waals surface area contributed by atoms with E-state index >= 15 is 0 Å². The summed E-state index contributed by atoms with van der Waals surface area (Å²) >= 11 is 0. The zero-order chi connectivity index (χ0) is 16.1. The number of anilines is 1. The summed E-state index contributed by atoms with van der Waals surface area (Å²) in [6.07, 6.45) is 2.66. The minimum Gasteiger partial charge on any atom is -0.465 e. The lowest BCUT2D eigenvalue weighted by atomic mass is 10.1. The van der Waals surface area contributed by atoms with Crippen LogP contribution in [0, 0.1) is 0 Å². The van der Waals surface area contributed by atoms with E-state index in [0.29, 0.717) is 13.0 Å². The quantitative estimate of drug-likeness (QED) is 0.708. The van der Waals surface area contributed by atoms with Gasteiger partial charge < -0.3 is 10.1 Å². The number of carbonyl (C=O) groups is 1. The van der Waals surface area contributed by atoms with Gasteiger partial charge >= 0.3 is 5.97 Å². The second kappa shape index (κ2) is 6.91. The SMILES string of the molecule is CCOC(=O)CNc1ccc(Cc2nnc3ccccn23)cc1. The number of pyridine rings is 1. The fourth-order valence-corrected chi connectivity index (χ4v) is 2.32. The number of rotatable bonds is 6. The monoisotopic (exact) mass is 310 g/mol. The van der Waals surface area contributed by atoms with Crippen molar-refractivity contribution in [3.05, 3.63) is 60.0 Å². The van der Waals surface area contributed by atoms with Crippen LogP contribution in [0.5, 0.6) is 0 Å². The molecule has 6 heteroatoms. The van der Waals surface area contributed by atoms with E-state index in [0.717, 1.165) is 22.7 Å². The predicted molar refractivity (Wildman–Crippen MR) is 87.4 cm³/mol. The van der Waals surface area contributed by atoms with Gasteiger partial charge in [0.15, 0.2) is 5.65 Å². The predicted octanol–water partition coefficient (Wildman–Crippen LogP) is 2.30. The highest BCUT2D eigenvalue weighted by atomic mass is 16.5. The molecule has 3 aromatic rings. The second-order valence-electron chi connectivity index (χ2n) is 5.08. The van der Waals surface area contributed by atoms with E-state index in [1.807, 2.05) is 53.1 Å². The number of ether oxygens (including phenoxy) is 1. The molecule has 0 aliphatic rings. The zero-order valence-corrected chi connectivity index (χ0v) is 12.9. The van der Waals surface area contributed by atoms with E-state index in [2.05, 4.69) is 15.5 Å².